The van der Waals surface area contributed by atoms with Crippen molar-refractivity contribution < 1.29 is 9.59 Å². The molecule has 6 nitrogen and oxygen atoms in total. The zero-order chi connectivity index (χ0) is 23.8. The Bertz CT molecular complexity index is 1210. The first kappa shape index (κ1) is 23.0. The zero-order valence-corrected chi connectivity index (χ0v) is 19.1. The van der Waals surface area contributed by atoms with Gasteiger partial charge in [0.05, 0.1) is 5.69 Å². The summed E-state index contributed by atoms with van der Waals surface area (Å²) in [7, 11) is 1.77. The fourth-order valence-corrected chi connectivity index (χ4v) is 3.82. The molecule has 34 heavy (non-hydrogen) atoms. The summed E-state index contributed by atoms with van der Waals surface area (Å²) in [4.78, 5) is 27.8. The van der Waals surface area contributed by atoms with E-state index in [9.17, 15) is 9.59 Å². The molecular weight excluding hydrogens is 424 g/mol. The van der Waals surface area contributed by atoms with Gasteiger partial charge < -0.3 is 10.2 Å². The maximum absolute atomic E-state index is 13.3. The summed E-state index contributed by atoms with van der Waals surface area (Å²) in [5, 5.41) is 10.4. The van der Waals surface area contributed by atoms with Gasteiger partial charge in [0.25, 0.3) is 5.91 Å². The van der Waals surface area contributed by atoms with Crippen molar-refractivity contribution >= 4 is 11.8 Å². The van der Waals surface area contributed by atoms with Crippen molar-refractivity contribution in [3.63, 3.8) is 0 Å². The van der Waals surface area contributed by atoms with Crippen molar-refractivity contribution in [1.82, 2.24) is 20.4 Å². The number of benzene rings is 3. The van der Waals surface area contributed by atoms with Crippen LogP contribution < -0.4 is 5.32 Å². The molecule has 0 radical (unpaired) electrons. The van der Waals surface area contributed by atoms with Gasteiger partial charge in [-0.3, -0.25) is 14.7 Å². The molecule has 0 bridgehead atoms. The second-order valence-electron chi connectivity index (χ2n) is 8.19. The van der Waals surface area contributed by atoms with Gasteiger partial charge in [0, 0.05) is 30.4 Å². The van der Waals surface area contributed by atoms with E-state index < -0.39 is 6.04 Å². The summed E-state index contributed by atoms with van der Waals surface area (Å²) in [6.45, 7) is 0.559. The largest absolute Gasteiger partial charge is 0.344 e. The highest BCUT2D eigenvalue weighted by molar-refractivity contribution is 5.97. The molecule has 0 fully saturated rings. The number of nitrogens with one attached hydrogen (secondary N) is 2. The van der Waals surface area contributed by atoms with Crippen LogP contribution in [0, 0.1) is 0 Å². The number of H-pyrrole nitrogens is 1. The molecule has 6 heteroatoms. The Balaban J connectivity index is 1.38. The number of carbonyl (C=O) groups excluding carboxylic acids is 2. The van der Waals surface area contributed by atoms with Gasteiger partial charge >= 0.3 is 0 Å². The van der Waals surface area contributed by atoms with Gasteiger partial charge in [-0.2, -0.15) is 5.10 Å². The van der Waals surface area contributed by atoms with E-state index in [2.05, 4.69) is 15.5 Å². The Morgan fingerprint density at radius 3 is 2.21 bits per heavy atom. The van der Waals surface area contributed by atoms with Crippen molar-refractivity contribution in [3.05, 3.63) is 114 Å². The molecule has 172 valence electrons. The van der Waals surface area contributed by atoms with Crippen molar-refractivity contribution in [2.45, 2.75) is 18.9 Å². The molecule has 1 aromatic heterocycles. The van der Waals surface area contributed by atoms with Crippen LogP contribution in [0.5, 0.6) is 0 Å². The molecule has 1 unspecified atom stereocenters. The normalized spacial score (nSPS) is 11.6. The SMILES string of the molecule is CN(CCCc1cc(-c2ccccc2)n[nH]1)C(=O)C(NC(=O)c1ccccc1)c1ccccc1. The molecule has 2 amide bonds. The van der Waals surface area contributed by atoms with Crippen molar-refractivity contribution in [1.29, 1.82) is 0 Å². The number of likely N-dealkylation sites (N-methyl/N-ethyl adjacent to an activating group) is 1. The van der Waals surface area contributed by atoms with Crippen LogP contribution in [0.2, 0.25) is 0 Å². The Morgan fingerprint density at radius 2 is 1.53 bits per heavy atom. The van der Waals surface area contributed by atoms with Gasteiger partial charge in [-0.15, -0.1) is 0 Å². The van der Waals surface area contributed by atoms with Gasteiger partial charge in [0.2, 0.25) is 5.91 Å². The lowest BCUT2D eigenvalue weighted by atomic mass is 10.0. The van der Waals surface area contributed by atoms with Crippen LogP contribution in [-0.4, -0.2) is 40.5 Å². The minimum atomic E-state index is -0.754. The number of hydrogen-bond donors (Lipinski definition) is 2. The summed E-state index contributed by atoms with van der Waals surface area (Å²) in [5.74, 6) is -0.424. The number of carbonyl (C=O) groups is 2. The van der Waals surface area contributed by atoms with Gasteiger partial charge in [0.15, 0.2) is 0 Å². The van der Waals surface area contributed by atoms with E-state index in [0.717, 1.165) is 35.4 Å². The summed E-state index contributed by atoms with van der Waals surface area (Å²) >= 11 is 0. The average Bonchev–Trinajstić information content (AvgIpc) is 3.37. The molecular formula is C28H28N4O2. The van der Waals surface area contributed by atoms with E-state index >= 15 is 0 Å². The molecule has 0 spiro atoms. The van der Waals surface area contributed by atoms with Crippen LogP contribution in [0.25, 0.3) is 11.3 Å². The number of hydrogen-bond acceptors (Lipinski definition) is 3. The van der Waals surface area contributed by atoms with Crippen molar-refractivity contribution in [2.24, 2.45) is 0 Å². The average molecular weight is 453 g/mol. The van der Waals surface area contributed by atoms with Gasteiger partial charge in [-0.25, -0.2) is 0 Å². The molecule has 4 aromatic rings. The molecule has 1 atom stereocenters. The number of rotatable bonds is 9. The number of amides is 2. The molecule has 1 heterocycles. The van der Waals surface area contributed by atoms with Crippen LogP contribution >= 0.6 is 0 Å². The van der Waals surface area contributed by atoms with E-state index in [-0.39, 0.29) is 11.8 Å². The third kappa shape index (κ3) is 5.78. The Morgan fingerprint density at radius 1 is 0.912 bits per heavy atom. The molecule has 0 aliphatic heterocycles. The highest BCUT2D eigenvalue weighted by Crippen LogP contribution is 2.19. The Hall–Kier alpha value is -4.19. The first-order chi connectivity index (χ1) is 16.6. The van der Waals surface area contributed by atoms with Crippen LogP contribution in [0.4, 0.5) is 0 Å². The second kappa shape index (κ2) is 11.1. The lowest BCUT2D eigenvalue weighted by Crippen LogP contribution is -2.41. The number of aryl methyl sites for hydroxylation is 1. The minimum absolute atomic E-state index is 0.148. The smallest absolute Gasteiger partial charge is 0.252 e. The molecule has 3 aromatic carbocycles. The molecule has 0 saturated carbocycles. The summed E-state index contributed by atoms with van der Waals surface area (Å²) in [6.07, 6.45) is 1.54. The Labute approximate surface area is 199 Å². The van der Waals surface area contributed by atoms with E-state index in [1.165, 1.54) is 0 Å². The third-order valence-electron chi connectivity index (χ3n) is 5.71. The predicted octanol–water partition coefficient (Wildman–Crippen LogP) is 4.64. The van der Waals surface area contributed by atoms with Crippen LogP contribution in [0.1, 0.15) is 34.1 Å². The standard InChI is InChI=1S/C28H28N4O2/c1-32(19-11-18-24-20-25(31-30-24)21-12-5-2-6-13-21)28(34)26(22-14-7-3-8-15-22)29-27(33)23-16-9-4-10-17-23/h2-10,12-17,20,26H,11,18-19H2,1H3,(H,29,33)(H,30,31). The van der Waals surface area contributed by atoms with E-state index in [1.807, 2.05) is 72.8 Å². The topological polar surface area (TPSA) is 78.1 Å². The maximum Gasteiger partial charge on any atom is 0.252 e. The first-order valence-corrected chi connectivity index (χ1v) is 11.4. The van der Waals surface area contributed by atoms with Crippen molar-refractivity contribution in [3.8, 4) is 11.3 Å². The molecule has 0 aliphatic carbocycles. The highest BCUT2D eigenvalue weighted by atomic mass is 16.2. The maximum atomic E-state index is 13.3. The highest BCUT2D eigenvalue weighted by Gasteiger charge is 2.26. The van der Waals surface area contributed by atoms with Gasteiger partial charge in [-0.05, 0) is 36.6 Å². The quantitative estimate of drug-likeness (QED) is 0.388. The lowest BCUT2D eigenvalue weighted by Gasteiger charge is -2.25. The Kier molecular flexibility index (Phi) is 7.50. The van der Waals surface area contributed by atoms with Gasteiger partial charge in [-0.1, -0.05) is 78.9 Å². The number of aromatic amines is 1. The molecule has 4 rings (SSSR count). The zero-order valence-electron chi connectivity index (χ0n) is 19.1. The number of aromatic nitrogens is 2. The second-order valence-corrected chi connectivity index (χ2v) is 8.19. The van der Waals surface area contributed by atoms with Crippen LogP contribution in [-0.2, 0) is 11.2 Å². The molecule has 0 saturated heterocycles. The predicted molar refractivity (Wildman–Crippen MR) is 133 cm³/mol. The summed E-state index contributed by atoms with van der Waals surface area (Å²) in [5.41, 5.74) is 4.28. The van der Waals surface area contributed by atoms with E-state index in [1.54, 1.807) is 36.2 Å². The van der Waals surface area contributed by atoms with Crippen LogP contribution in [0.15, 0.2) is 97.1 Å². The third-order valence-corrected chi connectivity index (χ3v) is 5.71. The van der Waals surface area contributed by atoms with E-state index in [4.69, 9.17) is 0 Å². The molecule has 0 aliphatic rings. The van der Waals surface area contributed by atoms with Crippen LogP contribution in [0.3, 0.4) is 0 Å². The number of nitrogens with zero attached hydrogens (tertiary/aromatic N) is 2. The first-order valence-electron chi connectivity index (χ1n) is 11.4. The van der Waals surface area contributed by atoms with Gasteiger partial charge in [0.1, 0.15) is 6.04 Å². The van der Waals surface area contributed by atoms with Crippen molar-refractivity contribution in [2.75, 3.05) is 13.6 Å². The minimum Gasteiger partial charge on any atom is -0.344 e. The summed E-state index contributed by atoms with van der Waals surface area (Å²) < 4.78 is 0. The van der Waals surface area contributed by atoms with E-state index in [0.29, 0.717) is 12.1 Å². The summed E-state index contributed by atoms with van der Waals surface area (Å²) in [6, 6.07) is 29.6. The lowest BCUT2D eigenvalue weighted by molar-refractivity contribution is -0.132. The fraction of sp³-hybridized carbons (Fsp3) is 0.179. The monoisotopic (exact) mass is 452 g/mol. The molecule has 2 N–H and O–H groups in total. The fourth-order valence-electron chi connectivity index (χ4n) is 3.82.